The molecule has 2 rings (SSSR count). The van der Waals surface area contributed by atoms with Gasteiger partial charge in [0.2, 0.25) is 0 Å². The molecule has 4 heteroatoms. The fourth-order valence-corrected chi connectivity index (χ4v) is 2.24. The molecule has 92 valence electrons. The summed E-state index contributed by atoms with van der Waals surface area (Å²) in [6.45, 7) is 2.59. The largest absolute Gasteiger partial charge is 0.447 e. The molecule has 1 N–H and O–H groups in total. The molecular weight excluding hydrogens is 218 g/mol. The second-order valence-corrected chi connectivity index (χ2v) is 4.18. The van der Waals surface area contributed by atoms with Crippen LogP contribution in [-0.4, -0.2) is 31.0 Å². The van der Waals surface area contributed by atoms with Gasteiger partial charge in [0.15, 0.2) is 0 Å². The molecule has 4 nitrogen and oxygen atoms in total. The number of aliphatic hydroxyl groups excluding tert-OH is 1. The van der Waals surface area contributed by atoms with Crippen LogP contribution in [0.15, 0.2) is 18.2 Å². The number of ether oxygens (including phenoxy) is 1. The van der Waals surface area contributed by atoms with E-state index in [4.69, 9.17) is 9.84 Å². The molecule has 0 bridgehead atoms. The number of amides is 1. The van der Waals surface area contributed by atoms with Gasteiger partial charge in [0.1, 0.15) is 6.61 Å². The van der Waals surface area contributed by atoms with Gasteiger partial charge in [-0.05, 0) is 30.9 Å². The summed E-state index contributed by atoms with van der Waals surface area (Å²) in [7, 11) is 0. The number of hydrogen-bond acceptors (Lipinski definition) is 3. The number of benzene rings is 1. The number of fused-ring (bicyclic) bond motifs is 1. The van der Waals surface area contributed by atoms with Crippen LogP contribution >= 0.6 is 0 Å². The van der Waals surface area contributed by atoms with Crippen molar-refractivity contribution in [3.63, 3.8) is 0 Å². The van der Waals surface area contributed by atoms with Crippen molar-refractivity contribution in [2.24, 2.45) is 0 Å². The summed E-state index contributed by atoms with van der Waals surface area (Å²) in [5, 5.41) is 8.67. The predicted molar refractivity (Wildman–Crippen MR) is 65.3 cm³/mol. The Hall–Kier alpha value is -1.55. The van der Waals surface area contributed by atoms with Crippen molar-refractivity contribution in [2.75, 3.05) is 24.7 Å². The summed E-state index contributed by atoms with van der Waals surface area (Å²) < 4.78 is 4.98. The Morgan fingerprint density at radius 1 is 1.53 bits per heavy atom. The molecule has 0 saturated heterocycles. The molecule has 0 aliphatic carbocycles. The normalized spacial score (nSPS) is 14.4. The van der Waals surface area contributed by atoms with Gasteiger partial charge >= 0.3 is 6.09 Å². The summed E-state index contributed by atoms with van der Waals surface area (Å²) in [4.78, 5) is 13.5. The monoisotopic (exact) mass is 235 g/mol. The lowest BCUT2D eigenvalue weighted by Crippen LogP contribution is -2.37. The van der Waals surface area contributed by atoms with E-state index in [2.05, 4.69) is 0 Å². The Labute approximate surface area is 101 Å². The molecule has 1 aliphatic heterocycles. The Morgan fingerprint density at radius 3 is 3.12 bits per heavy atom. The molecule has 1 aliphatic rings. The minimum Gasteiger partial charge on any atom is -0.447 e. The highest BCUT2D eigenvalue weighted by atomic mass is 16.6. The minimum absolute atomic E-state index is 0.0521. The molecule has 17 heavy (non-hydrogen) atoms. The lowest BCUT2D eigenvalue weighted by Gasteiger charge is -2.30. The lowest BCUT2D eigenvalue weighted by molar-refractivity contribution is 0.124. The van der Waals surface area contributed by atoms with E-state index in [9.17, 15) is 4.79 Å². The quantitative estimate of drug-likeness (QED) is 0.851. The zero-order valence-electron chi connectivity index (χ0n) is 9.98. The van der Waals surface area contributed by atoms with Crippen molar-refractivity contribution in [3.05, 3.63) is 29.3 Å². The number of rotatable bonds is 2. The van der Waals surface area contributed by atoms with E-state index in [0.29, 0.717) is 6.54 Å². The van der Waals surface area contributed by atoms with E-state index in [-0.39, 0.29) is 19.3 Å². The number of anilines is 1. The van der Waals surface area contributed by atoms with E-state index in [0.717, 1.165) is 24.1 Å². The molecule has 0 atom stereocenters. The zero-order valence-corrected chi connectivity index (χ0v) is 9.98. The van der Waals surface area contributed by atoms with Gasteiger partial charge in [0.05, 0.1) is 12.3 Å². The molecule has 1 heterocycles. The number of carbonyl (C=O) groups excluding carboxylic acids is 1. The molecule has 0 aromatic heterocycles. The third-order valence-corrected chi connectivity index (χ3v) is 2.96. The van der Waals surface area contributed by atoms with E-state index >= 15 is 0 Å². The molecule has 0 radical (unpaired) electrons. The van der Waals surface area contributed by atoms with Crippen molar-refractivity contribution in [1.29, 1.82) is 0 Å². The van der Waals surface area contributed by atoms with Gasteiger partial charge in [0, 0.05) is 6.54 Å². The van der Waals surface area contributed by atoms with Crippen molar-refractivity contribution in [2.45, 2.75) is 19.8 Å². The first-order valence-corrected chi connectivity index (χ1v) is 5.87. The van der Waals surface area contributed by atoms with Crippen LogP contribution in [-0.2, 0) is 11.2 Å². The van der Waals surface area contributed by atoms with Crippen LogP contribution in [0.1, 0.15) is 17.5 Å². The highest BCUT2D eigenvalue weighted by Gasteiger charge is 2.24. The first kappa shape index (κ1) is 11.9. The van der Waals surface area contributed by atoms with Gasteiger partial charge in [0.25, 0.3) is 0 Å². The average molecular weight is 235 g/mol. The maximum atomic E-state index is 11.9. The topological polar surface area (TPSA) is 49.8 Å². The van der Waals surface area contributed by atoms with E-state index in [1.165, 1.54) is 5.56 Å². The van der Waals surface area contributed by atoms with Gasteiger partial charge < -0.3 is 9.84 Å². The highest BCUT2D eigenvalue weighted by molar-refractivity contribution is 5.90. The first-order valence-electron chi connectivity index (χ1n) is 5.87. The van der Waals surface area contributed by atoms with Crippen LogP contribution in [0, 0.1) is 6.92 Å². The SMILES string of the molecule is Cc1cccc2c1N(C(=O)OCCO)CCC2. The summed E-state index contributed by atoms with van der Waals surface area (Å²) in [5.74, 6) is 0. The standard InChI is InChI=1S/C13H17NO3/c1-10-4-2-5-11-6-3-7-14(12(10)11)13(16)17-9-8-15/h2,4-5,15H,3,6-9H2,1H3. The fourth-order valence-electron chi connectivity index (χ4n) is 2.24. The van der Waals surface area contributed by atoms with Gasteiger partial charge in [-0.1, -0.05) is 18.2 Å². The summed E-state index contributed by atoms with van der Waals surface area (Å²) >= 11 is 0. The summed E-state index contributed by atoms with van der Waals surface area (Å²) in [6, 6.07) is 6.06. The number of hydrogen-bond donors (Lipinski definition) is 1. The molecular formula is C13H17NO3. The van der Waals surface area contributed by atoms with Crippen LogP contribution in [0.4, 0.5) is 10.5 Å². The maximum absolute atomic E-state index is 11.9. The van der Waals surface area contributed by atoms with Gasteiger partial charge in [-0.15, -0.1) is 0 Å². The molecule has 0 unspecified atom stereocenters. The Bertz CT molecular complexity index is 417. The second-order valence-electron chi connectivity index (χ2n) is 4.18. The molecule has 1 amide bonds. The molecule has 0 fully saturated rings. The van der Waals surface area contributed by atoms with Crippen LogP contribution in [0.3, 0.4) is 0 Å². The van der Waals surface area contributed by atoms with Crippen molar-refractivity contribution < 1.29 is 14.6 Å². The Morgan fingerprint density at radius 2 is 2.35 bits per heavy atom. The minimum atomic E-state index is -0.366. The summed E-state index contributed by atoms with van der Waals surface area (Å²) in [5.41, 5.74) is 3.25. The number of para-hydroxylation sites is 1. The third kappa shape index (κ3) is 2.42. The van der Waals surface area contributed by atoms with Crippen molar-refractivity contribution in [1.82, 2.24) is 0 Å². The number of nitrogens with zero attached hydrogens (tertiary/aromatic N) is 1. The Kier molecular flexibility index (Phi) is 3.64. The molecule has 1 aromatic carbocycles. The fraction of sp³-hybridized carbons (Fsp3) is 0.462. The highest BCUT2D eigenvalue weighted by Crippen LogP contribution is 2.30. The Balaban J connectivity index is 2.25. The molecule has 1 aromatic rings. The summed E-state index contributed by atoms with van der Waals surface area (Å²) in [6.07, 6.45) is 1.58. The van der Waals surface area contributed by atoms with Crippen LogP contribution < -0.4 is 4.90 Å². The first-order chi connectivity index (χ1) is 8.24. The lowest BCUT2D eigenvalue weighted by atomic mass is 9.99. The molecule has 0 spiro atoms. The van der Waals surface area contributed by atoms with Gasteiger partial charge in [-0.25, -0.2) is 4.79 Å². The van der Waals surface area contributed by atoms with Crippen LogP contribution in [0.5, 0.6) is 0 Å². The smallest absolute Gasteiger partial charge is 0.414 e. The van der Waals surface area contributed by atoms with Crippen LogP contribution in [0.25, 0.3) is 0 Å². The number of aliphatic hydroxyl groups is 1. The second kappa shape index (κ2) is 5.19. The van der Waals surface area contributed by atoms with Crippen molar-refractivity contribution >= 4 is 11.8 Å². The van der Waals surface area contributed by atoms with E-state index < -0.39 is 0 Å². The molecule has 0 saturated carbocycles. The zero-order chi connectivity index (χ0) is 12.3. The maximum Gasteiger partial charge on any atom is 0.414 e. The average Bonchev–Trinajstić information content (AvgIpc) is 2.35. The number of carbonyl (C=O) groups is 1. The predicted octanol–water partition coefficient (Wildman–Crippen LogP) is 1.88. The third-order valence-electron chi connectivity index (χ3n) is 2.96. The van der Waals surface area contributed by atoms with E-state index in [1.54, 1.807) is 4.90 Å². The van der Waals surface area contributed by atoms with Crippen LogP contribution in [0.2, 0.25) is 0 Å². The van der Waals surface area contributed by atoms with Gasteiger partial charge in [-0.2, -0.15) is 0 Å². The van der Waals surface area contributed by atoms with E-state index in [1.807, 2.05) is 25.1 Å². The van der Waals surface area contributed by atoms with Crippen molar-refractivity contribution in [3.8, 4) is 0 Å². The van der Waals surface area contributed by atoms with Gasteiger partial charge in [-0.3, -0.25) is 4.90 Å². The number of aryl methyl sites for hydroxylation is 2.